The third-order valence-electron chi connectivity index (χ3n) is 3.39. The fourth-order valence-corrected chi connectivity index (χ4v) is 2.32. The maximum atomic E-state index is 12.1. The van der Waals surface area contributed by atoms with E-state index in [0.29, 0.717) is 12.5 Å². The molecular formula is C19H33IN4O3. The summed E-state index contributed by atoms with van der Waals surface area (Å²) in [5, 5.41) is 6.16. The van der Waals surface area contributed by atoms with Gasteiger partial charge in [0.05, 0.1) is 20.2 Å². The Morgan fingerprint density at radius 3 is 2.48 bits per heavy atom. The van der Waals surface area contributed by atoms with E-state index in [1.54, 1.807) is 19.1 Å². The van der Waals surface area contributed by atoms with Crippen LogP contribution in [-0.2, 0) is 4.79 Å². The SMILES string of the molecule is CN=C(NCC(C)Oc1cccc(OC)c1)N(C)CC(=O)NC(C)(C)C.I. The van der Waals surface area contributed by atoms with E-state index in [1.165, 1.54) is 0 Å². The van der Waals surface area contributed by atoms with E-state index in [9.17, 15) is 4.79 Å². The van der Waals surface area contributed by atoms with E-state index >= 15 is 0 Å². The highest BCUT2D eigenvalue weighted by Crippen LogP contribution is 2.19. The molecule has 0 fully saturated rings. The lowest BCUT2D eigenvalue weighted by molar-refractivity contribution is -0.122. The zero-order valence-electron chi connectivity index (χ0n) is 17.3. The van der Waals surface area contributed by atoms with Gasteiger partial charge in [0, 0.05) is 25.7 Å². The summed E-state index contributed by atoms with van der Waals surface area (Å²) in [4.78, 5) is 18.1. The van der Waals surface area contributed by atoms with Crippen molar-refractivity contribution >= 4 is 35.8 Å². The highest BCUT2D eigenvalue weighted by Gasteiger charge is 2.17. The van der Waals surface area contributed by atoms with Gasteiger partial charge in [0.15, 0.2) is 5.96 Å². The van der Waals surface area contributed by atoms with Gasteiger partial charge < -0.3 is 25.0 Å². The van der Waals surface area contributed by atoms with Crippen LogP contribution >= 0.6 is 24.0 Å². The fraction of sp³-hybridized carbons (Fsp3) is 0.579. The number of likely N-dealkylation sites (N-methyl/N-ethyl adjacent to an activating group) is 1. The molecule has 0 bridgehead atoms. The molecule has 0 aliphatic carbocycles. The van der Waals surface area contributed by atoms with Crippen LogP contribution in [0.4, 0.5) is 0 Å². The second kappa shape index (κ2) is 11.9. The van der Waals surface area contributed by atoms with Crippen LogP contribution in [0.1, 0.15) is 27.7 Å². The Morgan fingerprint density at radius 2 is 1.93 bits per heavy atom. The van der Waals surface area contributed by atoms with Crippen LogP contribution in [0, 0.1) is 0 Å². The minimum absolute atomic E-state index is 0. The zero-order chi connectivity index (χ0) is 19.7. The molecule has 27 heavy (non-hydrogen) atoms. The molecule has 0 heterocycles. The van der Waals surface area contributed by atoms with Crippen LogP contribution in [0.3, 0.4) is 0 Å². The minimum Gasteiger partial charge on any atom is -0.497 e. The average molecular weight is 492 g/mol. The summed E-state index contributed by atoms with van der Waals surface area (Å²) in [7, 11) is 5.14. The number of amides is 1. The Bertz CT molecular complexity index is 617. The largest absolute Gasteiger partial charge is 0.497 e. The summed E-state index contributed by atoms with van der Waals surface area (Å²) < 4.78 is 11.1. The number of rotatable bonds is 7. The molecule has 1 atom stereocenters. The molecule has 2 N–H and O–H groups in total. The lowest BCUT2D eigenvalue weighted by Crippen LogP contribution is -2.49. The molecule has 1 rings (SSSR count). The minimum atomic E-state index is -0.256. The Labute approximate surface area is 179 Å². The highest BCUT2D eigenvalue weighted by atomic mass is 127. The monoisotopic (exact) mass is 492 g/mol. The number of aliphatic imine (C=N–C) groups is 1. The van der Waals surface area contributed by atoms with Gasteiger partial charge in [-0.3, -0.25) is 9.79 Å². The summed E-state index contributed by atoms with van der Waals surface area (Å²) in [6.45, 7) is 8.60. The Morgan fingerprint density at radius 1 is 1.30 bits per heavy atom. The number of hydrogen-bond donors (Lipinski definition) is 2. The smallest absolute Gasteiger partial charge is 0.240 e. The van der Waals surface area contributed by atoms with E-state index in [0.717, 1.165) is 11.5 Å². The van der Waals surface area contributed by atoms with Crippen molar-refractivity contribution in [2.45, 2.75) is 39.3 Å². The van der Waals surface area contributed by atoms with Gasteiger partial charge in [-0.2, -0.15) is 0 Å². The summed E-state index contributed by atoms with van der Waals surface area (Å²) in [5.74, 6) is 2.08. The summed E-state index contributed by atoms with van der Waals surface area (Å²) >= 11 is 0. The highest BCUT2D eigenvalue weighted by molar-refractivity contribution is 14.0. The van der Waals surface area contributed by atoms with Gasteiger partial charge in [-0.25, -0.2) is 0 Å². The second-order valence-corrected chi connectivity index (χ2v) is 7.19. The lowest BCUT2D eigenvalue weighted by Gasteiger charge is -2.26. The van der Waals surface area contributed by atoms with Crippen molar-refractivity contribution in [2.24, 2.45) is 4.99 Å². The van der Waals surface area contributed by atoms with Gasteiger partial charge in [-0.1, -0.05) is 6.07 Å². The molecule has 154 valence electrons. The first kappa shape index (κ1) is 25.3. The molecule has 0 saturated heterocycles. The Kier molecular flexibility index (Phi) is 11.1. The van der Waals surface area contributed by atoms with Crippen LogP contribution in [-0.4, -0.2) is 62.7 Å². The van der Waals surface area contributed by atoms with Crippen LogP contribution < -0.4 is 20.1 Å². The molecule has 7 nitrogen and oxygen atoms in total. The molecule has 1 amide bonds. The summed E-state index contributed by atoms with van der Waals surface area (Å²) in [6.07, 6.45) is -0.0874. The maximum absolute atomic E-state index is 12.1. The molecule has 0 saturated carbocycles. The molecule has 0 aromatic heterocycles. The van der Waals surface area contributed by atoms with E-state index in [-0.39, 0.29) is 48.1 Å². The molecule has 8 heteroatoms. The quantitative estimate of drug-likeness (QED) is 0.348. The van der Waals surface area contributed by atoms with Crippen molar-refractivity contribution in [1.29, 1.82) is 0 Å². The fourth-order valence-electron chi connectivity index (χ4n) is 2.32. The maximum Gasteiger partial charge on any atom is 0.240 e. The number of halogens is 1. The Balaban J connectivity index is 0.00000676. The third-order valence-corrected chi connectivity index (χ3v) is 3.39. The van der Waals surface area contributed by atoms with E-state index in [2.05, 4.69) is 15.6 Å². The standard InChI is InChI=1S/C19H32N4O3.HI/c1-14(26-16-10-8-9-15(11-16)25-7)12-21-18(20-5)23(6)13-17(24)22-19(2,3)4;/h8-11,14H,12-13H2,1-7H3,(H,20,21)(H,22,24);1H. The van der Waals surface area contributed by atoms with Gasteiger partial charge in [-0.15, -0.1) is 24.0 Å². The number of hydrogen-bond acceptors (Lipinski definition) is 4. The average Bonchev–Trinajstić information content (AvgIpc) is 2.53. The molecular weight excluding hydrogens is 459 g/mol. The van der Waals surface area contributed by atoms with Crippen molar-refractivity contribution in [1.82, 2.24) is 15.5 Å². The topological polar surface area (TPSA) is 75.2 Å². The predicted molar refractivity (Wildman–Crippen MR) is 120 cm³/mol. The molecule has 0 aliphatic heterocycles. The summed E-state index contributed by atoms with van der Waals surface area (Å²) in [5.41, 5.74) is -0.256. The first-order chi connectivity index (χ1) is 12.1. The first-order valence-corrected chi connectivity index (χ1v) is 8.68. The van der Waals surface area contributed by atoms with Crippen molar-refractivity contribution in [3.8, 4) is 11.5 Å². The normalized spacial score (nSPS) is 12.5. The van der Waals surface area contributed by atoms with E-state index in [4.69, 9.17) is 9.47 Å². The van der Waals surface area contributed by atoms with Crippen LogP contribution in [0.5, 0.6) is 11.5 Å². The molecule has 0 aliphatic rings. The van der Waals surface area contributed by atoms with Crippen molar-refractivity contribution in [2.75, 3.05) is 34.3 Å². The molecule has 0 spiro atoms. The molecule has 0 radical (unpaired) electrons. The number of ether oxygens (including phenoxy) is 2. The number of carbonyl (C=O) groups excluding carboxylic acids is 1. The van der Waals surface area contributed by atoms with Crippen molar-refractivity contribution < 1.29 is 14.3 Å². The predicted octanol–water partition coefficient (Wildman–Crippen LogP) is 2.50. The molecule has 1 aromatic rings. The Hall–Kier alpha value is -1.71. The number of carbonyl (C=O) groups is 1. The van der Waals surface area contributed by atoms with Crippen LogP contribution in [0.15, 0.2) is 29.3 Å². The second-order valence-electron chi connectivity index (χ2n) is 7.19. The van der Waals surface area contributed by atoms with Gasteiger partial charge in [0.1, 0.15) is 17.6 Å². The third kappa shape index (κ3) is 10.3. The van der Waals surface area contributed by atoms with Gasteiger partial charge in [0.25, 0.3) is 0 Å². The number of guanidine groups is 1. The van der Waals surface area contributed by atoms with Crippen molar-refractivity contribution in [3.63, 3.8) is 0 Å². The van der Waals surface area contributed by atoms with Crippen LogP contribution in [0.25, 0.3) is 0 Å². The van der Waals surface area contributed by atoms with Crippen LogP contribution in [0.2, 0.25) is 0 Å². The number of methoxy groups -OCH3 is 1. The van der Waals surface area contributed by atoms with Gasteiger partial charge in [-0.05, 0) is 39.8 Å². The van der Waals surface area contributed by atoms with Gasteiger partial charge in [0.2, 0.25) is 5.91 Å². The molecule has 1 unspecified atom stereocenters. The first-order valence-electron chi connectivity index (χ1n) is 8.68. The number of nitrogens with one attached hydrogen (secondary N) is 2. The number of benzene rings is 1. The van der Waals surface area contributed by atoms with Crippen molar-refractivity contribution in [3.05, 3.63) is 24.3 Å². The molecule has 1 aromatic carbocycles. The van der Waals surface area contributed by atoms with E-state index < -0.39 is 0 Å². The lowest BCUT2D eigenvalue weighted by atomic mass is 10.1. The van der Waals surface area contributed by atoms with E-state index in [1.807, 2.05) is 59.0 Å². The summed E-state index contributed by atoms with van der Waals surface area (Å²) in [6, 6.07) is 7.48. The number of nitrogens with zero attached hydrogens (tertiary/aromatic N) is 2. The van der Waals surface area contributed by atoms with Gasteiger partial charge >= 0.3 is 0 Å². The zero-order valence-corrected chi connectivity index (χ0v) is 19.7.